The molecule has 0 aromatic carbocycles. The molecule has 2 aliphatic rings. The van der Waals surface area contributed by atoms with Gasteiger partial charge in [-0.1, -0.05) is 0 Å². The summed E-state index contributed by atoms with van der Waals surface area (Å²) in [6.45, 7) is 3.79. The van der Waals surface area contributed by atoms with Crippen LogP contribution in [0.15, 0.2) is 6.07 Å². The largest absolute Gasteiger partial charge is 0.394 e. The van der Waals surface area contributed by atoms with E-state index in [1.165, 1.54) is 6.07 Å². The van der Waals surface area contributed by atoms with E-state index < -0.39 is 0 Å². The first-order chi connectivity index (χ1) is 13.5. The molecule has 2 amide bonds. The Hall–Kier alpha value is -2.68. The van der Waals surface area contributed by atoms with Gasteiger partial charge < -0.3 is 20.2 Å². The SMILES string of the molecule is CNC(=O)N1CCc2c(c(N3CCCc4nc(C)c(F)cc43)nn2CCO)C1. The smallest absolute Gasteiger partial charge is 0.317 e. The number of aryl methyl sites for hydroxylation is 2. The lowest BCUT2D eigenvalue weighted by Gasteiger charge is -2.32. The zero-order valence-electron chi connectivity index (χ0n) is 16.2. The van der Waals surface area contributed by atoms with Gasteiger partial charge in [-0.25, -0.2) is 9.18 Å². The summed E-state index contributed by atoms with van der Waals surface area (Å²) in [4.78, 5) is 20.3. The summed E-state index contributed by atoms with van der Waals surface area (Å²) in [6, 6.07) is 1.40. The zero-order chi connectivity index (χ0) is 19.8. The van der Waals surface area contributed by atoms with Crippen LogP contribution in [0.25, 0.3) is 0 Å². The van der Waals surface area contributed by atoms with Crippen molar-refractivity contribution in [2.45, 2.75) is 39.3 Å². The standard InChI is InChI=1S/C19H25FN6O2/c1-12-14(20)10-17-15(22-12)4-3-6-25(17)18-13-11-24(19(28)21-2)7-5-16(13)26(23-18)8-9-27/h10,27H,3-9,11H2,1-2H3,(H,21,28). The van der Waals surface area contributed by atoms with Crippen LogP contribution in [0.4, 0.5) is 20.7 Å². The number of anilines is 2. The second-order valence-electron chi connectivity index (χ2n) is 7.20. The van der Waals surface area contributed by atoms with Gasteiger partial charge in [0.25, 0.3) is 0 Å². The Morgan fingerprint density at radius 3 is 2.93 bits per heavy atom. The number of amides is 2. The number of nitrogens with zero attached hydrogens (tertiary/aromatic N) is 5. The molecule has 4 heterocycles. The molecular formula is C19H25FN6O2. The first-order valence-electron chi connectivity index (χ1n) is 9.63. The average molecular weight is 388 g/mol. The highest BCUT2D eigenvalue weighted by atomic mass is 19.1. The minimum atomic E-state index is -0.332. The highest BCUT2D eigenvalue weighted by Gasteiger charge is 2.32. The summed E-state index contributed by atoms with van der Waals surface area (Å²) >= 11 is 0. The predicted octanol–water partition coefficient (Wildman–Crippen LogP) is 1.50. The Labute approximate surface area is 163 Å². The molecule has 0 aliphatic carbocycles. The van der Waals surface area contributed by atoms with Gasteiger partial charge in [0.2, 0.25) is 0 Å². The fraction of sp³-hybridized carbons (Fsp3) is 0.526. The molecule has 0 atom stereocenters. The van der Waals surface area contributed by atoms with E-state index in [1.54, 1.807) is 18.9 Å². The molecule has 0 spiro atoms. The Bertz CT molecular complexity index is 912. The second-order valence-corrected chi connectivity index (χ2v) is 7.20. The molecule has 2 aromatic heterocycles. The number of carbonyl (C=O) groups is 1. The number of carbonyl (C=O) groups excluding carboxylic acids is 1. The van der Waals surface area contributed by atoms with Gasteiger partial charge in [-0.2, -0.15) is 5.10 Å². The lowest BCUT2D eigenvalue weighted by Crippen LogP contribution is -2.41. The number of rotatable bonds is 3. The summed E-state index contributed by atoms with van der Waals surface area (Å²) < 4.78 is 16.1. The van der Waals surface area contributed by atoms with Crippen molar-refractivity contribution in [3.63, 3.8) is 0 Å². The van der Waals surface area contributed by atoms with Gasteiger partial charge in [0.15, 0.2) is 5.82 Å². The van der Waals surface area contributed by atoms with Crippen LogP contribution in [0.2, 0.25) is 0 Å². The fourth-order valence-corrected chi connectivity index (χ4v) is 4.08. The molecule has 0 bridgehead atoms. The number of fused-ring (bicyclic) bond motifs is 2. The number of aliphatic hydroxyl groups excluding tert-OH is 1. The minimum Gasteiger partial charge on any atom is -0.394 e. The summed E-state index contributed by atoms with van der Waals surface area (Å²) in [6.07, 6.45) is 2.36. The van der Waals surface area contributed by atoms with Crippen molar-refractivity contribution in [1.82, 2.24) is 25.0 Å². The number of urea groups is 1. The van der Waals surface area contributed by atoms with Crippen LogP contribution >= 0.6 is 0 Å². The monoisotopic (exact) mass is 388 g/mol. The Morgan fingerprint density at radius 1 is 1.36 bits per heavy atom. The van der Waals surface area contributed by atoms with E-state index in [-0.39, 0.29) is 18.5 Å². The molecule has 0 unspecified atom stereocenters. The third kappa shape index (κ3) is 3.09. The topological polar surface area (TPSA) is 86.5 Å². The van der Waals surface area contributed by atoms with E-state index in [1.807, 2.05) is 9.58 Å². The molecule has 0 radical (unpaired) electrons. The normalized spacial score (nSPS) is 16.0. The van der Waals surface area contributed by atoms with Crippen LogP contribution in [-0.2, 0) is 25.9 Å². The zero-order valence-corrected chi connectivity index (χ0v) is 16.2. The van der Waals surface area contributed by atoms with Crippen LogP contribution in [0.5, 0.6) is 0 Å². The Kier molecular flexibility index (Phi) is 4.92. The van der Waals surface area contributed by atoms with Crippen molar-refractivity contribution in [1.29, 1.82) is 0 Å². The quantitative estimate of drug-likeness (QED) is 0.832. The maximum atomic E-state index is 14.3. The van der Waals surface area contributed by atoms with Crippen molar-refractivity contribution in [3.05, 3.63) is 34.5 Å². The number of hydrogen-bond donors (Lipinski definition) is 2. The van der Waals surface area contributed by atoms with Gasteiger partial charge >= 0.3 is 6.03 Å². The molecule has 150 valence electrons. The van der Waals surface area contributed by atoms with Crippen LogP contribution in [-0.4, -0.2) is 57.5 Å². The summed E-state index contributed by atoms with van der Waals surface area (Å²) in [5.41, 5.74) is 3.99. The lowest BCUT2D eigenvalue weighted by molar-refractivity contribution is 0.193. The highest BCUT2D eigenvalue weighted by Crippen LogP contribution is 2.37. The Morgan fingerprint density at radius 2 is 2.18 bits per heavy atom. The average Bonchev–Trinajstić information content (AvgIpc) is 3.06. The number of halogens is 1. The summed E-state index contributed by atoms with van der Waals surface area (Å²) in [7, 11) is 1.62. The summed E-state index contributed by atoms with van der Waals surface area (Å²) in [5, 5.41) is 16.9. The third-order valence-corrected chi connectivity index (χ3v) is 5.47. The highest BCUT2D eigenvalue weighted by molar-refractivity contribution is 5.75. The number of aromatic nitrogens is 3. The molecule has 2 N–H and O–H groups in total. The van der Waals surface area contributed by atoms with Gasteiger partial charge in [0.1, 0.15) is 5.82 Å². The molecule has 8 nitrogen and oxygen atoms in total. The van der Waals surface area contributed by atoms with Crippen molar-refractivity contribution in [2.75, 3.05) is 31.6 Å². The van der Waals surface area contributed by atoms with Crippen molar-refractivity contribution in [3.8, 4) is 0 Å². The molecule has 28 heavy (non-hydrogen) atoms. The van der Waals surface area contributed by atoms with Crippen LogP contribution in [0.1, 0.15) is 29.1 Å². The molecule has 0 saturated heterocycles. The molecule has 0 saturated carbocycles. The van der Waals surface area contributed by atoms with Crippen molar-refractivity contribution < 1.29 is 14.3 Å². The number of aliphatic hydroxyl groups is 1. The molecular weight excluding hydrogens is 363 g/mol. The maximum absolute atomic E-state index is 14.3. The van der Waals surface area contributed by atoms with Gasteiger partial charge in [-0.3, -0.25) is 9.67 Å². The van der Waals surface area contributed by atoms with E-state index in [0.29, 0.717) is 38.3 Å². The second kappa shape index (κ2) is 7.38. The van der Waals surface area contributed by atoms with Crippen molar-refractivity contribution in [2.24, 2.45) is 0 Å². The fourth-order valence-electron chi connectivity index (χ4n) is 4.08. The molecule has 9 heteroatoms. The van der Waals surface area contributed by atoms with E-state index in [0.717, 1.165) is 41.3 Å². The van der Waals surface area contributed by atoms with E-state index >= 15 is 0 Å². The first kappa shape index (κ1) is 18.7. The molecule has 2 aromatic rings. The van der Waals surface area contributed by atoms with Crippen LogP contribution in [0, 0.1) is 12.7 Å². The van der Waals surface area contributed by atoms with Crippen molar-refractivity contribution >= 4 is 17.5 Å². The first-order valence-corrected chi connectivity index (χ1v) is 9.63. The summed E-state index contributed by atoms with van der Waals surface area (Å²) in [5.74, 6) is 0.393. The minimum absolute atomic E-state index is 0.0152. The van der Waals surface area contributed by atoms with Gasteiger partial charge in [-0.05, 0) is 19.8 Å². The predicted molar refractivity (Wildman–Crippen MR) is 102 cm³/mol. The van der Waals surface area contributed by atoms with E-state index in [4.69, 9.17) is 5.10 Å². The van der Waals surface area contributed by atoms with Crippen LogP contribution in [0.3, 0.4) is 0 Å². The van der Waals surface area contributed by atoms with Gasteiger partial charge in [-0.15, -0.1) is 0 Å². The third-order valence-electron chi connectivity index (χ3n) is 5.47. The van der Waals surface area contributed by atoms with E-state index in [9.17, 15) is 14.3 Å². The van der Waals surface area contributed by atoms with Crippen LogP contribution < -0.4 is 10.2 Å². The lowest BCUT2D eigenvalue weighted by atomic mass is 10.0. The molecule has 0 fully saturated rings. The van der Waals surface area contributed by atoms with Gasteiger partial charge in [0, 0.05) is 43.9 Å². The van der Waals surface area contributed by atoms with E-state index in [2.05, 4.69) is 10.3 Å². The molecule has 2 aliphatic heterocycles. The number of hydrogen-bond acceptors (Lipinski definition) is 5. The maximum Gasteiger partial charge on any atom is 0.317 e. The molecule has 4 rings (SSSR count). The number of nitrogens with one attached hydrogen (secondary N) is 1. The van der Waals surface area contributed by atoms with Gasteiger partial charge in [0.05, 0.1) is 36.8 Å². The Balaban J connectivity index is 1.79. The number of pyridine rings is 1.